The van der Waals surface area contributed by atoms with E-state index in [9.17, 15) is 5.11 Å². The lowest BCUT2D eigenvalue weighted by Gasteiger charge is -2.44. The summed E-state index contributed by atoms with van der Waals surface area (Å²) >= 11 is 0. The molecule has 2 aromatic heterocycles. The summed E-state index contributed by atoms with van der Waals surface area (Å²) in [7, 11) is 0. The molecule has 1 unspecified atom stereocenters. The summed E-state index contributed by atoms with van der Waals surface area (Å²) in [4.78, 5) is 0. The number of aromatic nitrogens is 2. The zero-order valence-electron chi connectivity index (χ0n) is 12.2. The fraction of sp³-hybridized carbons (Fsp3) is 0.562. The third-order valence-electron chi connectivity index (χ3n) is 4.81. The van der Waals surface area contributed by atoms with Crippen molar-refractivity contribution < 1.29 is 9.52 Å². The summed E-state index contributed by atoms with van der Waals surface area (Å²) in [6.07, 6.45) is 9.43. The van der Waals surface area contributed by atoms with Gasteiger partial charge in [-0.15, -0.1) is 0 Å². The number of aliphatic hydroxyl groups excluding tert-OH is 1. The molecule has 4 rings (SSSR count). The van der Waals surface area contributed by atoms with Crippen molar-refractivity contribution in [2.75, 3.05) is 0 Å². The highest BCUT2D eigenvalue weighted by Gasteiger charge is 2.43. The number of nitrogens with one attached hydrogen (secondary N) is 1. The van der Waals surface area contributed by atoms with Gasteiger partial charge in [-0.05, 0) is 37.8 Å². The van der Waals surface area contributed by atoms with E-state index in [2.05, 4.69) is 16.5 Å². The molecular weight excluding hydrogens is 266 g/mol. The SMILES string of the molecule is Cc1cnn([C@H]2[C@H](O)C[C@@H]2NC2CCCc3occc32)c1. The fourth-order valence-electron chi connectivity index (χ4n) is 3.65. The van der Waals surface area contributed by atoms with E-state index in [0.717, 1.165) is 37.0 Å². The van der Waals surface area contributed by atoms with E-state index in [-0.39, 0.29) is 18.2 Å². The van der Waals surface area contributed by atoms with Gasteiger partial charge in [-0.1, -0.05) is 0 Å². The van der Waals surface area contributed by atoms with Crippen LogP contribution in [0.25, 0.3) is 0 Å². The van der Waals surface area contributed by atoms with E-state index in [4.69, 9.17) is 4.42 Å². The van der Waals surface area contributed by atoms with Gasteiger partial charge in [0.25, 0.3) is 0 Å². The first-order chi connectivity index (χ1) is 10.2. The van der Waals surface area contributed by atoms with Crippen molar-refractivity contribution >= 4 is 0 Å². The second kappa shape index (κ2) is 5.00. The highest BCUT2D eigenvalue weighted by atomic mass is 16.3. The maximum absolute atomic E-state index is 10.1. The number of hydrogen-bond acceptors (Lipinski definition) is 4. The molecular formula is C16H21N3O2. The largest absolute Gasteiger partial charge is 0.469 e. The smallest absolute Gasteiger partial charge is 0.108 e. The van der Waals surface area contributed by atoms with Crippen molar-refractivity contribution in [1.82, 2.24) is 15.1 Å². The minimum atomic E-state index is -0.311. The number of aliphatic hydroxyl groups is 1. The molecule has 5 nitrogen and oxygen atoms in total. The molecule has 0 aromatic carbocycles. The molecule has 4 atom stereocenters. The van der Waals surface area contributed by atoms with Crippen LogP contribution in [0.15, 0.2) is 29.1 Å². The number of rotatable bonds is 3. The summed E-state index contributed by atoms with van der Waals surface area (Å²) in [6.45, 7) is 2.02. The van der Waals surface area contributed by atoms with Gasteiger partial charge in [0.2, 0.25) is 0 Å². The molecule has 1 fully saturated rings. The van der Waals surface area contributed by atoms with Crippen molar-refractivity contribution in [3.8, 4) is 0 Å². The van der Waals surface area contributed by atoms with Crippen molar-refractivity contribution in [3.63, 3.8) is 0 Å². The second-order valence-electron chi connectivity index (χ2n) is 6.31. The van der Waals surface area contributed by atoms with Gasteiger partial charge in [-0.2, -0.15) is 5.10 Å². The fourth-order valence-corrected chi connectivity index (χ4v) is 3.65. The summed E-state index contributed by atoms with van der Waals surface area (Å²) in [5.41, 5.74) is 2.42. The topological polar surface area (TPSA) is 63.2 Å². The molecule has 5 heteroatoms. The summed E-state index contributed by atoms with van der Waals surface area (Å²) < 4.78 is 7.45. The molecule has 2 heterocycles. The van der Waals surface area contributed by atoms with E-state index in [1.807, 2.05) is 24.0 Å². The minimum Gasteiger partial charge on any atom is -0.469 e. The molecule has 0 radical (unpaired) electrons. The normalized spacial score (nSPS) is 31.7. The third kappa shape index (κ3) is 2.21. The van der Waals surface area contributed by atoms with Gasteiger partial charge < -0.3 is 14.8 Å². The number of nitrogens with zero attached hydrogens (tertiary/aromatic N) is 2. The molecule has 1 saturated carbocycles. The third-order valence-corrected chi connectivity index (χ3v) is 4.81. The van der Waals surface area contributed by atoms with Crippen LogP contribution in [0.1, 0.15) is 48.2 Å². The Morgan fingerprint density at radius 1 is 1.48 bits per heavy atom. The Kier molecular flexibility index (Phi) is 3.12. The summed E-state index contributed by atoms with van der Waals surface area (Å²) in [6, 6.07) is 2.72. The molecule has 0 saturated heterocycles. The molecule has 2 aliphatic rings. The van der Waals surface area contributed by atoms with Crippen LogP contribution in [-0.2, 0) is 6.42 Å². The van der Waals surface area contributed by atoms with E-state index >= 15 is 0 Å². The molecule has 0 amide bonds. The summed E-state index contributed by atoms with van der Waals surface area (Å²) in [5.74, 6) is 1.12. The van der Waals surface area contributed by atoms with Crippen LogP contribution in [0.3, 0.4) is 0 Å². The zero-order chi connectivity index (χ0) is 14.4. The molecule has 0 spiro atoms. The predicted octanol–water partition coefficient (Wildman–Crippen LogP) is 2.13. The Morgan fingerprint density at radius 3 is 3.14 bits per heavy atom. The number of hydrogen-bond donors (Lipinski definition) is 2. The Balaban J connectivity index is 1.51. The van der Waals surface area contributed by atoms with Crippen LogP contribution in [0.5, 0.6) is 0 Å². The van der Waals surface area contributed by atoms with Gasteiger partial charge in [0.1, 0.15) is 5.76 Å². The number of fused-ring (bicyclic) bond motifs is 1. The van der Waals surface area contributed by atoms with Gasteiger partial charge in [0.05, 0.1) is 24.6 Å². The first kappa shape index (κ1) is 13.1. The average molecular weight is 287 g/mol. The highest BCUT2D eigenvalue weighted by Crippen LogP contribution is 2.37. The number of aryl methyl sites for hydroxylation is 2. The lowest BCUT2D eigenvalue weighted by Crippen LogP contribution is -2.55. The monoisotopic (exact) mass is 287 g/mol. The molecule has 112 valence electrons. The van der Waals surface area contributed by atoms with Gasteiger partial charge in [0.15, 0.2) is 0 Å². The number of furan rings is 1. The van der Waals surface area contributed by atoms with Crippen LogP contribution in [-0.4, -0.2) is 27.0 Å². The highest BCUT2D eigenvalue weighted by molar-refractivity contribution is 5.24. The van der Waals surface area contributed by atoms with E-state index in [1.54, 1.807) is 6.26 Å². The molecule has 0 aliphatic heterocycles. The van der Waals surface area contributed by atoms with Crippen molar-refractivity contribution in [2.45, 2.75) is 56.8 Å². The first-order valence-corrected chi connectivity index (χ1v) is 7.73. The Bertz CT molecular complexity index is 633. The van der Waals surface area contributed by atoms with Crippen LogP contribution >= 0.6 is 0 Å². The Hall–Kier alpha value is -1.59. The van der Waals surface area contributed by atoms with Crippen LogP contribution in [0.4, 0.5) is 0 Å². The van der Waals surface area contributed by atoms with Crippen molar-refractivity contribution in [1.29, 1.82) is 0 Å². The van der Waals surface area contributed by atoms with Crippen LogP contribution in [0, 0.1) is 6.92 Å². The Labute approximate surface area is 124 Å². The summed E-state index contributed by atoms with van der Waals surface area (Å²) in [5, 5.41) is 18.2. The Morgan fingerprint density at radius 2 is 2.38 bits per heavy atom. The average Bonchev–Trinajstić information content (AvgIpc) is 3.07. The van der Waals surface area contributed by atoms with Crippen LogP contribution in [0.2, 0.25) is 0 Å². The van der Waals surface area contributed by atoms with Gasteiger partial charge in [-0.25, -0.2) is 0 Å². The molecule has 2 aromatic rings. The van der Waals surface area contributed by atoms with Crippen molar-refractivity contribution in [3.05, 3.63) is 41.6 Å². The zero-order valence-corrected chi connectivity index (χ0v) is 12.2. The standard InChI is InChI=1S/C16H21N3O2/c1-10-8-17-19(9-10)16-13(7-14(16)20)18-12-3-2-4-15-11(12)5-6-21-15/h5-6,8-9,12-14,16,18,20H,2-4,7H2,1H3/t12?,13-,14+,16+/m0/s1. The second-order valence-corrected chi connectivity index (χ2v) is 6.31. The van der Waals surface area contributed by atoms with Crippen LogP contribution < -0.4 is 5.32 Å². The predicted molar refractivity (Wildman–Crippen MR) is 77.9 cm³/mol. The quantitative estimate of drug-likeness (QED) is 0.907. The molecule has 2 aliphatic carbocycles. The van der Waals surface area contributed by atoms with E-state index in [0.29, 0.717) is 6.04 Å². The van der Waals surface area contributed by atoms with E-state index in [1.165, 1.54) is 5.56 Å². The van der Waals surface area contributed by atoms with Gasteiger partial charge in [0, 0.05) is 30.3 Å². The molecule has 2 N–H and O–H groups in total. The van der Waals surface area contributed by atoms with Crippen molar-refractivity contribution in [2.24, 2.45) is 0 Å². The first-order valence-electron chi connectivity index (χ1n) is 7.73. The maximum atomic E-state index is 10.1. The molecule has 0 bridgehead atoms. The van der Waals surface area contributed by atoms with Gasteiger partial charge in [-0.3, -0.25) is 4.68 Å². The lowest BCUT2D eigenvalue weighted by atomic mass is 9.81. The maximum Gasteiger partial charge on any atom is 0.108 e. The minimum absolute atomic E-state index is 0.0379. The van der Waals surface area contributed by atoms with E-state index < -0.39 is 0 Å². The lowest BCUT2D eigenvalue weighted by molar-refractivity contribution is -0.0126. The molecule has 21 heavy (non-hydrogen) atoms. The van der Waals surface area contributed by atoms with Gasteiger partial charge >= 0.3 is 0 Å².